The molecule has 0 saturated carbocycles. The zero-order valence-electron chi connectivity index (χ0n) is 19.3. The van der Waals surface area contributed by atoms with Gasteiger partial charge < -0.3 is 16.0 Å². The molecule has 1 fully saturated rings. The third-order valence-corrected chi connectivity index (χ3v) is 7.62. The van der Waals surface area contributed by atoms with Gasteiger partial charge in [-0.15, -0.1) is 24.8 Å². The van der Waals surface area contributed by atoms with Crippen molar-refractivity contribution < 1.29 is 4.79 Å². The number of carbonyl (C=O) groups excluding carboxylic acids is 1. The fourth-order valence-electron chi connectivity index (χ4n) is 4.46. The maximum atomic E-state index is 12.7. The van der Waals surface area contributed by atoms with Crippen LogP contribution in [0.3, 0.4) is 0 Å². The van der Waals surface area contributed by atoms with Crippen molar-refractivity contribution in [2.24, 2.45) is 5.73 Å². The van der Waals surface area contributed by atoms with Crippen LogP contribution >= 0.6 is 47.8 Å². The molecule has 0 aliphatic carbocycles. The molecule has 0 unspecified atom stereocenters. The third-order valence-electron chi connectivity index (χ3n) is 6.29. The number of halogens is 3. The third kappa shape index (κ3) is 6.10. The Hall–Kier alpha value is -1.87. The number of rotatable bonds is 7. The summed E-state index contributed by atoms with van der Waals surface area (Å²) < 4.78 is 3.10. The largest absolute Gasteiger partial charge is 0.352 e. The summed E-state index contributed by atoms with van der Waals surface area (Å²) in [5.74, 6) is -0.0194. The lowest BCUT2D eigenvalue weighted by Gasteiger charge is -2.26. The van der Waals surface area contributed by atoms with E-state index in [2.05, 4.69) is 14.6 Å². The zero-order valence-corrected chi connectivity index (χ0v) is 22.5. The number of aromatic nitrogens is 2. The number of thiazole rings is 1. The van der Waals surface area contributed by atoms with Gasteiger partial charge in [-0.25, -0.2) is 4.98 Å². The number of likely N-dealkylation sites (tertiary alicyclic amines) is 1. The fraction of sp³-hybridized carbons (Fsp3) is 0.360. The van der Waals surface area contributed by atoms with E-state index in [9.17, 15) is 4.79 Å². The first kappa shape index (κ1) is 27.7. The predicted octanol–water partition coefficient (Wildman–Crippen LogP) is 5.78. The van der Waals surface area contributed by atoms with Gasteiger partial charge in [-0.1, -0.05) is 41.5 Å². The van der Waals surface area contributed by atoms with Gasteiger partial charge in [-0.05, 0) is 68.7 Å². The molecule has 188 valence electrons. The molecule has 10 heteroatoms. The maximum absolute atomic E-state index is 12.7. The Morgan fingerprint density at radius 2 is 1.91 bits per heavy atom. The van der Waals surface area contributed by atoms with Gasteiger partial charge in [0, 0.05) is 30.4 Å². The number of fused-ring (bicyclic) bond motifs is 3. The normalized spacial score (nSPS) is 14.0. The average Bonchev–Trinajstić information content (AvgIpc) is 3.39. The second-order valence-corrected chi connectivity index (χ2v) is 10.0. The van der Waals surface area contributed by atoms with E-state index >= 15 is 0 Å². The number of piperidine rings is 1. The van der Waals surface area contributed by atoms with Crippen molar-refractivity contribution in [2.45, 2.75) is 32.2 Å². The molecule has 3 N–H and O–H groups in total. The van der Waals surface area contributed by atoms with Crippen LogP contribution in [0.5, 0.6) is 0 Å². The molecule has 1 saturated heterocycles. The van der Waals surface area contributed by atoms with Gasteiger partial charge in [-0.2, -0.15) is 0 Å². The Morgan fingerprint density at radius 3 is 2.66 bits per heavy atom. The number of hydrogen-bond donors (Lipinski definition) is 2. The van der Waals surface area contributed by atoms with E-state index in [1.165, 1.54) is 32.4 Å². The van der Waals surface area contributed by atoms with E-state index < -0.39 is 0 Å². The molecule has 0 bridgehead atoms. The summed E-state index contributed by atoms with van der Waals surface area (Å²) in [6, 6.07) is 11.7. The van der Waals surface area contributed by atoms with Gasteiger partial charge in [0.2, 0.25) is 0 Å². The van der Waals surface area contributed by atoms with Gasteiger partial charge in [0.05, 0.1) is 20.9 Å². The van der Waals surface area contributed by atoms with E-state index in [-0.39, 0.29) is 30.7 Å². The van der Waals surface area contributed by atoms with E-state index in [0.29, 0.717) is 23.7 Å². The van der Waals surface area contributed by atoms with Crippen molar-refractivity contribution >= 4 is 68.8 Å². The number of nitrogens with zero attached hydrogens (tertiary/aromatic N) is 3. The quantitative estimate of drug-likeness (QED) is 0.284. The number of hydrogen-bond acceptors (Lipinski definition) is 5. The highest BCUT2D eigenvalue weighted by atomic mass is 35.5. The van der Waals surface area contributed by atoms with Gasteiger partial charge in [0.25, 0.3) is 5.91 Å². The lowest BCUT2D eigenvalue weighted by molar-refractivity contribution is 0.0951. The highest BCUT2D eigenvalue weighted by molar-refractivity contribution is 7.23. The summed E-state index contributed by atoms with van der Waals surface area (Å²) in [4.78, 5) is 20.8. The summed E-state index contributed by atoms with van der Waals surface area (Å²) >= 11 is 8.03. The number of nitrogens with two attached hydrogens (primary N) is 1. The van der Waals surface area contributed by atoms with Crippen molar-refractivity contribution in [3.63, 3.8) is 0 Å². The molecule has 2 aromatic carbocycles. The summed E-state index contributed by atoms with van der Waals surface area (Å²) in [5, 5.41) is 3.72. The molecule has 1 aliphatic rings. The lowest BCUT2D eigenvalue weighted by Crippen LogP contribution is -2.33. The van der Waals surface area contributed by atoms with E-state index in [1.807, 2.05) is 42.6 Å². The SMILES string of the molecule is Cl.Cl.NCc1ccc(-c2cn3c(n2)sc2cc(C(=O)NCCCN4CCCCC4)ccc23)c(Cl)c1. The van der Waals surface area contributed by atoms with Crippen LogP contribution in [0.25, 0.3) is 26.4 Å². The Labute approximate surface area is 226 Å². The van der Waals surface area contributed by atoms with Crippen LogP contribution in [-0.4, -0.2) is 46.4 Å². The Balaban J connectivity index is 0.00000171. The first-order chi connectivity index (χ1) is 16.1. The van der Waals surface area contributed by atoms with Crippen LogP contribution in [0, 0.1) is 0 Å². The molecule has 4 aromatic rings. The topological polar surface area (TPSA) is 75.7 Å². The molecule has 3 heterocycles. The summed E-state index contributed by atoms with van der Waals surface area (Å²) in [7, 11) is 0. The molecule has 6 nitrogen and oxygen atoms in total. The number of carbonyl (C=O) groups is 1. The number of nitrogens with one attached hydrogen (secondary N) is 1. The molecule has 0 radical (unpaired) electrons. The minimum atomic E-state index is -0.0194. The predicted molar refractivity (Wildman–Crippen MR) is 151 cm³/mol. The van der Waals surface area contributed by atoms with E-state index in [1.54, 1.807) is 11.3 Å². The molecule has 0 spiro atoms. The molecule has 5 rings (SSSR count). The molecule has 35 heavy (non-hydrogen) atoms. The molecule has 1 amide bonds. The smallest absolute Gasteiger partial charge is 0.251 e. The Bertz CT molecular complexity index is 1300. The highest BCUT2D eigenvalue weighted by Crippen LogP contribution is 2.33. The number of benzene rings is 2. The fourth-order valence-corrected chi connectivity index (χ4v) is 5.80. The molecule has 0 atom stereocenters. The number of amides is 1. The zero-order chi connectivity index (χ0) is 22.8. The van der Waals surface area contributed by atoms with Crippen LogP contribution in [0.15, 0.2) is 42.6 Å². The lowest BCUT2D eigenvalue weighted by atomic mass is 10.1. The van der Waals surface area contributed by atoms with Gasteiger partial charge in [-0.3, -0.25) is 9.20 Å². The minimum Gasteiger partial charge on any atom is -0.352 e. The highest BCUT2D eigenvalue weighted by Gasteiger charge is 2.15. The van der Waals surface area contributed by atoms with Crippen LogP contribution in [-0.2, 0) is 6.54 Å². The molecule has 1 aliphatic heterocycles. The molecular weight excluding hydrogens is 525 g/mol. The van der Waals surface area contributed by atoms with Crippen molar-refractivity contribution in [2.75, 3.05) is 26.2 Å². The van der Waals surface area contributed by atoms with E-state index in [0.717, 1.165) is 45.0 Å². The minimum absolute atomic E-state index is 0. The maximum Gasteiger partial charge on any atom is 0.251 e. The van der Waals surface area contributed by atoms with Crippen molar-refractivity contribution in [3.8, 4) is 11.3 Å². The van der Waals surface area contributed by atoms with Crippen molar-refractivity contribution in [3.05, 3.63) is 58.7 Å². The monoisotopic (exact) mass is 553 g/mol. The summed E-state index contributed by atoms with van der Waals surface area (Å²) in [5.41, 5.74) is 10.1. The van der Waals surface area contributed by atoms with Gasteiger partial charge >= 0.3 is 0 Å². The van der Waals surface area contributed by atoms with Crippen LogP contribution in [0.4, 0.5) is 0 Å². The van der Waals surface area contributed by atoms with Crippen LogP contribution in [0.1, 0.15) is 41.6 Å². The van der Waals surface area contributed by atoms with Crippen molar-refractivity contribution in [1.82, 2.24) is 19.6 Å². The van der Waals surface area contributed by atoms with Gasteiger partial charge in [0.15, 0.2) is 4.96 Å². The standard InChI is InChI=1S/C25H28ClN5OS.2ClH/c26-20-13-17(15-27)5-7-19(20)21-16-31-22-8-6-18(14-23(22)33-25(31)29-21)24(32)28-9-4-12-30-10-2-1-3-11-30;;/h5-8,13-14,16H,1-4,9-12,15,27H2,(H,28,32);2*1H. The van der Waals surface area contributed by atoms with Gasteiger partial charge in [0.1, 0.15) is 0 Å². The second-order valence-electron chi connectivity index (χ2n) is 8.59. The van der Waals surface area contributed by atoms with Crippen molar-refractivity contribution in [1.29, 1.82) is 0 Å². The Morgan fingerprint density at radius 1 is 1.11 bits per heavy atom. The summed E-state index contributed by atoms with van der Waals surface area (Å²) in [6.07, 6.45) is 6.92. The average molecular weight is 555 g/mol. The molecular formula is C25H30Cl3N5OS. The second kappa shape index (κ2) is 12.4. The Kier molecular flexibility index (Phi) is 9.81. The van der Waals surface area contributed by atoms with Crippen LogP contribution in [0.2, 0.25) is 5.02 Å². The first-order valence-electron chi connectivity index (χ1n) is 11.5. The number of imidazole rings is 1. The molecule has 2 aromatic heterocycles. The summed E-state index contributed by atoms with van der Waals surface area (Å²) in [6.45, 7) is 4.60. The van der Waals surface area contributed by atoms with E-state index in [4.69, 9.17) is 22.3 Å². The van der Waals surface area contributed by atoms with Crippen LogP contribution < -0.4 is 11.1 Å². The first-order valence-corrected chi connectivity index (χ1v) is 12.7.